The number of nitrogens with one attached hydrogen (secondary N) is 3. The van der Waals surface area contributed by atoms with Crippen LogP contribution < -0.4 is 16.0 Å². The van der Waals surface area contributed by atoms with Gasteiger partial charge in [0.25, 0.3) is 5.91 Å². The largest absolute Gasteiger partial charge is 0.355 e. The molecule has 0 aliphatic heterocycles. The third-order valence-electron chi connectivity index (χ3n) is 5.67. The lowest BCUT2D eigenvalue weighted by Gasteiger charge is -2.14. The highest BCUT2D eigenvalue weighted by molar-refractivity contribution is 6.05. The number of carbonyl (C=O) groups excluding carboxylic acids is 1. The first kappa shape index (κ1) is 22.0. The Balaban J connectivity index is 1.30. The van der Waals surface area contributed by atoms with Gasteiger partial charge in [0.2, 0.25) is 0 Å². The number of aromatic nitrogens is 2. The molecule has 0 saturated heterocycles. The number of rotatable bonds is 6. The molecule has 1 amide bonds. The first-order chi connectivity index (χ1) is 17.1. The number of nitrogens with zero attached hydrogens (tertiary/aromatic N) is 2. The minimum absolute atomic E-state index is 0.211. The second-order valence-electron chi connectivity index (χ2n) is 8.02. The molecule has 7 heteroatoms. The third-order valence-corrected chi connectivity index (χ3v) is 5.67. The number of benzene rings is 3. The lowest BCUT2D eigenvalue weighted by atomic mass is 10.1. The van der Waals surface area contributed by atoms with Crippen LogP contribution in [0.15, 0.2) is 97.5 Å². The maximum absolute atomic E-state index is 13.7. The van der Waals surface area contributed by atoms with Gasteiger partial charge in [-0.15, -0.1) is 0 Å². The van der Waals surface area contributed by atoms with Gasteiger partial charge in [-0.3, -0.25) is 14.8 Å². The molecule has 0 saturated carbocycles. The quantitative estimate of drug-likeness (QED) is 0.258. The van der Waals surface area contributed by atoms with Gasteiger partial charge in [0, 0.05) is 58.0 Å². The summed E-state index contributed by atoms with van der Waals surface area (Å²) in [6, 6.07) is 22.9. The van der Waals surface area contributed by atoms with Gasteiger partial charge in [-0.25, -0.2) is 4.39 Å². The zero-order chi connectivity index (χ0) is 24.2. The predicted molar refractivity (Wildman–Crippen MR) is 138 cm³/mol. The molecule has 3 N–H and O–H groups in total. The van der Waals surface area contributed by atoms with Gasteiger partial charge in [-0.1, -0.05) is 6.07 Å². The van der Waals surface area contributed by atoms with Crippen molar-refractivity contribution >= 4 is 45.2 Å². The third kappa shape index (κ3) is 4.94. The van der Waals surface area contributed by atoms with E-state index in [1.807, 2.05) is 49.4 Å². The molecule has 0 aliphatic carbocycles. The van der Waals surface area contributed by atoms with Crippen LogP contribution in [-0.2, 0) is 0 Å². The fourth-order valence-electron chi connectivity index (χ4n) is 3.78. The van der Waals surface area contributed by atoms with Crippen molar-refractivity contribution in [3.8, 4) is 0 Å². The smallest absolute Gasteiger partial charge is 0.255 e. The number of pyridine rings is 2. The Bertz CT molecular complexity index is 1500. The van der Waals surface area contributed by atoms with Crippen molar-refractivity contribution in [1.82, 2.24) is 9.97 Å². The summed E-state index contributed by atoms with van der Waals surface area (Å²) in [6.45, 7) is 1.95. The van der Waals surface area contributed by atoms with E-state index in [4.69, 9.17) is 0 Å². The number of halogens is 1. The average molecular weight is 464 g/mol. The Morgan fingerprint density at radius 2 is 1.49 bits per heavy atom. The van der Waals surface area contributed by atoms with E-state index in [-0.39, 0.29) is 11.7 Å². The molecule has 2 aromatic heterocycles. The van der Waals surface area contributed by atoms with Gasteiger partial charge in [-0.2, -0.15) is 0 Å². The van der Waals surface area contributed by atoms with Crippen molar-refractivity contribution in [2.45, 2.75) is 6.92 Å². The second kappa shape index (κ2) is 9.61. The molecular weight excluding hydrogens is 441 g/mol. The molecule has 0 radical (unpaired) electrons. The van der Waals surface area contributed by atoms with E-state index in [0.717, 1.165) is 34.0 Å². The summed E-state index contributed by atoms with van der Waals surface area (Å²) < 4.78 is 13.7. The Labute approximate surface area is 201 Å². The highest BCUT2D eigenvalue weighted by Gasteiger charge is 2.11. The van der Waals surface area contributed by atoms with Crippen LogP contribution in [-0.4, -0.2) is 15.9 Å². The summed E-state index contributed by atoms with van der Waals surface area (Å²) >= 11 is 0. The lowest BCUT2D eigenvalue weighted by Crippen LogP contribution is -2.13. The summed E-state index contributed by atoms with van der Waals surface area (Å²) in [5.41, 5.74) is 6.19. The van der Waals surface area contributed by atoms with Crippen molar-refractivity contribution < 1.29 is 9.18 Å². The summed E-state index contributed by atoms with van der Waals surface area (Å²) in [7, 11) is 0. The predicted octanol–water partition coefficient (Wildman–Crippen LogP) is 6.82. The SMILES string of the molecule is Cc1c(NC(=O)c2ccc(Nc3ccnc4ccc(F)cc34)cc2)cccc1Nc1ccncc1. The normalized spacial score (nSPS) is 10.7. The van der Waals surface area contributed by atoms with E-state index in [9.17, 15) is 9.18 Å². The number of fused-ring (bicyclic) bond motifs is 1. The van der Waals surface area contributed by atoms with E-state index in [2.05, 4.69) is 25.9 Å². The summed E-state index contributed by atoms with van der Waals surface area (Å²) in [5.74, 6) is -0.534. The van der Waals surface area contributed by atoms with Crippen molar-refractivity contribution in [3.63, 3.8) is 0 Å². The maximum Gasteiger partial charge on any atom is 0.255 e. The van der Waals surface area contributed by atoms with Crippen molar-refractivity contribution in [2.75, 3.05) is 16.0 Å². The van der Waals surface area contributed by atoms with Gasteiger partial charge in [0.05, 0.1) is 5.52 Å². The van der Waals surface area contributed by atoms with Crippen LogP contribution in [0.25, 0.3) is 10.9 Å². The summed E-state index contributed by atoms with van der Waals surface area (Å²) in [4.78, 5) is 21.2. The van der Waals surface area contributed by atoms with E-state index in [1.165, 1.54) is 12.1 Å². The standard InChI is InChI=1S/C28H22FN5O/c1-18-24(32-22-11-14-30-15-12-22)3-2-4-25(18)34-28(35)19-5-8-21(9-6-19)33-27-13-16-31-26-10-7-20(29)17-23(26)27/h2-17H,1H3,(H,30,32)(H,31,33)(H,34,35). The van der Waals surface area contributed by atoms with Crippen LogP contribution in [0, 0.1) is 12.7 Å². The zero-order valence-electron chi connectivity index (χ0n) is 18.9. The van der Waals surface area contributed by atoms with Crippen LogP contribution in [0.5, 0.6) is 0 Å². The van der Waals surface area contributed by atoms with Crippen molar-refractivity contribution in [3.05, 3.63) is 114 Å². The van der Waals surface area contributed by atoms with Gasteiger partial charge in [0.1, 0.15) is 5.82 Å². The number of carbonyl (C=O) groups is 1. The van der Waals surface area contributed by atoms with Gasteiger partial charge in [0.15, 0.2) is 0 Å². The monoisotopic (exact) mass is 463 g/mol. The van der Waals surface area contributed by atoms with Crippen LogP contribution in [0.4, 0.5) is 32.8 Å². The highest BCUT2D eigenvalue weighted by atomic mass is 19.1. The Morgan fingerprint density at radius 3 is 2.29 bits per heavy atom. The fraction of sp³-hybridized carbons (Fsp3) is 0.0357. The van der Waals surface area contributed by atoms with Crippen LogP contribution in [0.3, 0.4) is 0 Å². The molecule has 0 unspecified atom stereocenters. The van der Waals surface area contributed by atoms with Crippen molar-refractivity contribution in [1.29, 1.82) is 0 Å². The van der Waals surface area contributed by atoms with Gasteiger partial charge >= 0.3 is 0 Å². The topological polar surface area (TPSA) is 78.9 Å². The van der Waals surface area contributed by atoms with E-state index in [1.54, 1.807) is 42.9 Å². The van der Waals surface area contributed by atoms with Gasteiger partial charge in [-0.05, 0) is 85.3 Å². The zero-order valence-corrected chi connectivity index (χ0v) is 18.9. The lowest BCUT2D eigenvalue weighted by molar-refractivity contribution is 0.102. The minimum atomic E-state index is -0.323. The van der Waals surface area contributed by atoms with E-state index in [0.29, 0.717) is 16.5 Å². The fourth-order valence-corrected chi connectivity index (χ4v) is 3.78. The molecule has 0 aliphatic rings. The molecule has 0 atom stereocenters. The number of amides is 1. The molecule has 3 aromatic carbocycles. The average Bonchev–Trinajstić information content (AvgIpc) is 2.88. The summed E-state index contributed by atoms with van der Waals surface area (Å²) in [6.07, 6.45) is 5.11. The van der Waals surface area contributed by atoms with E-state index < -0.39 is 0 Å². The highest BCUT2D eigenvalue weighted by Crippen LogP contribution is 2.28. The number of anilines is 5. The molecular formula is C28H22FN5O. The molecule has 6 nitrogen and oxygen atoms in total. The maximum atomic E-state index is 13.7. The molecule has 172 valence electrons. The molecule has 0 fully saturated rings. The van der Waals surface area contributed by atoms with Crippen molar-refractivity contribution in [2.24, 2.45) is 0 Å². The van der Waals surface area contributed by atoms with E-state index >= 15 is 0 Å². The minimum Gasteiger partial charge on any atom is -0.355 e. The molecule has 5 aromatic rings. The van der Waals surface area contributed by atoms with Gasteiger partial charge < -0.3 is 16.0 Å². The molecule has 35 heavy (non-hydrogen) atoms. The first-order valence-electron chi connectivity index (χ1n) is 11.1. The second-order valence-corrected chi connectivity index (χ2v) is 8.02. The van der Waals surface area contributed by atoms with Crippen LogP contribution in [0.1, 0.15) is 15.9 Å². The number of hydrogen-bond acceptors (Lipinski definition) is 5. The Hall–Kier alpha value is -4.78. The van der Waals surface area contributed by atoms with Crippen LogP contribution in [0.2, 0.25) is 0 Å². The molecule has 2 heterocycles. The molecule has 5 rings (SSSR count). The first-order valence-corrected chi connectivity index (χ1v) is 11.1. The summed E-state index contributed by atoms with van der Waals surface area (Å²) in [5, 5.41) is 10.3. The van der Waals surface area contributed by atoms with Crippen LogP contribution >= 0.6 is 0 Å². The number of hydrogen-bond donors (Lipinski definition) is 3. The molecule has 0 bridgehead atoms. The Kier molecular flexibility index (Phi) is 6.05. The Morgan fingerprint density at radius 1 is 0.771 bits per heavy atom. The molecule has 0 spiro atoms.